The number of esters is 1. The predicted octanol–water partition coefficient (Wildman–Crippen LogP) is 2.14. The molecule has 7 nitrogen and oxygen atoms in total. The summed E-state index contributed by atoms with van der Waals surface area (Å²) in [7, 11) is 0. The summed E-state index contributed by atoms with van der Waals surface area (Å²) in [5.74, 6) is -1.42. The van der Waals surface area contributed by atoms with E-state index < -0.39 is 18.5 Å². The van der Waals surface area contributed by atoms with Gasteiger partial charge in [-0.3, -0.25) is 19.6 Å². The zero-order valence-electron chi connectivity index (χ0n) is 12.6. The summed E-state index contributed by atoms with van der Waals surface area (Å²) in [6.07, 6.45) is 1.01. The molecule has 0 bridgehead atoms. The molecule has 2 heterocycles. The first-order chi connectivity index (χ1) is 11.5. The number of H-pyrrole nitrogens is 1. The molecule has 2 amide bonds. The first kappa shape index (κ1) is 16.4. The highest BCUT2D eigenvalue weighted by Gasteiger charge is 2.27. The molecule has 1 aliphatic rings. The number of nitrogens with zero attached hydrogens (tertiary/aromatic N) is 2. The van der Waals surface area contributed by atoms with E-state index in [2.05, 4.69) is 26.1 Å². The molecule has 0 saturated carbocycles. The topological polar surface area (TPSA) is 92.4 Å². The third-order valence-electron chi connectivity index (χ3n) is 3.64. The van der Waals surface area contributed by atoms with Crippen molar-refractivity contribution in [3.63, 3.8) is 0 Å². The summed E-state index contributed by atoms with van der Waals surface area (Å²) >= 11 is 3.35. The number of rotatable bonds is 4. The van der Waals surface area contributed by atoms with Crippen LogP contribution < -0.4 is 0 Å². The van der Waals surface area contributed by atoms with Crippen LogP contribution in [-0.2, 0) is 14.3 Å². The third kappa shape index (κ3) is 3.53. The number of hydrogen-bond acceptors (Lipinski definition) is 5. The SMILES string of the molecule is O=C(OCC(=O)N1CCCC1=O)c1cc(-c2ccc(Br)cc2)n[nH]1. The maximum atomic E-state index is 12.0. The molecule has 1 aromatic heterocycles. The molecule has 24 heavy (non-hydrogen) atoms. The smallest absolute Gasteiger partial charge is 0.356 e. The Labute approximate surface area is 146 Å². The number of aromatic nitrogens is 2. The van der Waals surface area contributed by atoms with Crippen molar-refractivity contribution in [1.82, 2.24) is 15.1 Å². The number of aromatic amines is 1. The average molecular weight is 392 g/mol. The molecule has 0 radical (unpaired) electrons. The number of benzene rings is 1. The molecule has 0 unspecified atom stereocenters. The highest BCUT2D eigenvalue weighted by atomic mass is 79.9. The molecule has 1 fully saturated rings. The van der Waals surface area contributed by atoms with Gasteiger partial charge < -0.3 is 4.74 Å². The molecule has 2 aromatic rings. The summed E-state index contributed by atoms with van der Waals surface area (Å²) in [6, 6.07) is 9.01. The summed E-state index contributed by atoms with van der Waals surface area (Å²) in [6.45, 7) is -0.0792. The normalized spacial score (nSPS) is 14.0. The molecule has 124 valence electrons. The monoisotopic (exact) mass is 391 g/mol. The molecule has 0 atom stereocenters. The molecule has 1 N–H and O–H groups in total. The number of amides is 2. The summed E-state index contributed by atoms with van der Waals surface area (Å²) in [5.41, 5.74) is 1.58. The second kappa shape index (κ2) is 6.96. The number of halogens is 1. The predicted molar refractivity (Wildman–Crippen MR) is 88.0 cm³/mol. The van der Waals surface area contributed by atoms with Crippen LogP contribution >= 0.6 is 15.9 Å². The highest BCUT2D eigenvalue weighted by molar-refractivity contribution is 9.10. The zero-order chi connectivity index (χ0) is 17.1. The number of imide groups is 1. The molecule has 1 aliphatic heterocycles. The van der Waals surface area contributed by atoms with Gasteiger partial charge in [0.1, 0.15) is 5.69 Å². The Balaban J connectivity index is 1.60. The molecular weight excluding hydrogens is 378 g/mol. The molecule has 1 aromatic carbocycles. The number of carbonyl (C=O) groups excluding carboxylic acids is 3. The number of ether oxygens (including phenoxy) is 1. The van der Waals surface area contributed by atoms with Crippen molar-refractivity contribution in [2.75, 3.05) is 13.2 Å². The Morgan fingerprint density at radius 1 is 1.29 bits per heavy atom. The Morgan fingerprint density at radius 3 is 2.71 bits per heavy atom. The van der Waals surface area contributed by atoms with Crippen molar-refractivity contribution in [3.05, 3.63) is 40.5 Å². The molecule has 0 spiro atoms. The summed E-state index contributed by atoms with van der Waals surface area (Å²) in [5, 5.41) is 6.66. The van der Waals surface area contributed by atoms with Crippen LogP contribution in [0.4, 0.5) is 0 Å². The fourth-order valence-electron chi connectivity index (χ4n) is 2.39. The van der Waals surface area contributed by atoms with Crippen molar-refractivity contribution in [2.24, 2.45) is 0 Å². The minimum Gasteiger partial charge on any atom is -0.451 e. The van der Waals surface area contributed by atoms with Gasteiger partial charge in [-0.25, -0.2) is 4.79 Å². The average Bonchev–Trinajstić information content (AvgIpc) is 3.22. The Bertz CT molecular complexity index is 785. The van der Waals surface area contributed by atoms with Gasteiger partial charge in [0.05, 0.1) is 5.69 Å². The van der Waals surface area contributed by atoms with Crippen molar-refractivity contribution >= 4 is 33.7 Å². The zero-order valence-corrected chi connectivity index (χ0v) is 14.2. The summed E-state index contributed by atoms with van der Waals surface area (Å²) < 4.78 is 5.90. The number of nitrogens with one attached hydrogen (secondary N) is 1. The molecule has 8 heteroatoms. The van der Waals surface area contributed by atoms with Crippen LogP contribution in [0.1, 0.15) is 23.3 Å². The fourth-order valence-corrected chi connectivity index (χ4v) is 2.65. The van der Waals surface area contributed by atoms with Crippen molar-refractivity contribution < 1.29 is 19.1 Å². The largest absolute Gasteiger partial charge is 0.451 e. The molecule has 0 aliphatic carbocycles. The Kier molecular flexibility index (Phi) is 4.75. The van der Waals surface area contributed by atoms with E-state index in [4.69, 9.17) is 4.74 Å². The van der Waals surface area contributed by atoms with E-state index in [1.807, 2.05) is 24.3 Å². The van der Waals surface area contributed by atoms with Gasteiger partial charge in [0.25, 0.3) is 5.91 Å². The minimum atomic E-state index is -0.689. The van der Waals surface area contributed by atoms with E-state index in [-0.39, 0.29) is 11.6 Å². The second-order valence-electron chi connectivity index (χ2n) is 5.29. The van der Waals surface area contributed by atoms with Gasteiger partial charge in [-0.1, -0.05) is 28.1 Å². The Morgan fingerprint density at radius 2 is 2.04 bits per heavy atom. The fraction of sp³-hybridized carbons (Fsp3) is 0.250. The molecular formula is C16H14BrN3O4. The first-order valence-corrected chi connectivity index (χ1v) is 8.15. The third-order valence-corrected chi connectivity index (χ3v) is 4.17. The van der Waals surface area contributed by atoms with E-state index in [0.717, 1.165) is 14.9 Å². The van der Waals surface area contributed by atoms with Gasteiger partial charge in [0.15, 0.2) is 6.61 Å². The van der Waals surface area contributed by atoms with Crippen molar-refractivity contribution in [3.8, 4) is 11.3 Å². The lowest BCUT2D eigenvalue weighted by Crippen LogP contribution is -2.35. The Hall–Kier alpha value is -2.48. The maximum absolute atomic E-state index is 12.0. The van der Waals surface area contributed by atoms with Crippen molar-refractivity contribution in [1.29, 1.82) is 0 Å². The van der Waals surface area contributed by atoms with Crippen LogP contribution in [0.25, 0.3) is 11.3 Å². The lowest BCUT2D eigenvalue weighted by atomic mass is 10.1. The van der Waals surface area contributed by atoms with E-state index in [1.165, 1.54) is 0 Å². The van der Waals surface area contributed by atoms with Crippen LogP contribution in [0, 0.1) is 0 Å². The van der Waals surface area contributed by atoms with Crippen LogP contribution in [0.2, 0.25) is 0 Å². The van der Waals surface area contributed by atoms with Crippen LogP contribution in [0.3, 0.4) is 0 Å². The number of carbonyl (C=O) groups is 3. The van der Waals surface area contributed by atoms with Gasteiger partial charge >= 0.3 is 5.97 Å². The number of likely N-dealkylation sites (tertiary alicyclic amines) is 1. The minimum absolute atomic E-state index is 0.147. The molecule has 3 rings (SSSR count). The lowest BCUT2D eigenvalue weighted by molar-refractivity contribution is -0.143. The van der Waals surface area contributed by atoms with Crippen LogP contribution in [0.5, 0.6) is 0 Å². The summed E-state index contributed by atoms with van der Waals surface area (Å²) in [4.78, 5) is 36.4. The van der Waals surface area contributed by atoms with Gasteiger partial charge in [-0.2, -0.15) is 5.10 Å². The van der Waals surface area contributed by atoms with E-state index >= 15 is 0 Å². The standard InChI is InChI=1S/C16H14BrN3O4/c17-11-5-3-10(4-6-11)12-8-13(19-18-12)16(23)24-9-15(22)20-7-1-2-14(20)21/h3-6,8H,1-2,7,9H2,(H,18,19). The number of hydrogen-bond donors (Lipinski definition) is 1. The van der Waals surface area contributed by atoms with Gasteiger partial charge in [-0.05, 0) is 24.6 Å². The lowest BCUT2D eigenvalue weighted by Gasteiger charge is -2.12. The second-order valence-corrected chi connectivity index (χ2v) is 6.21. The maximum Gasteiger partial charge on any atom is 0.356 e. The highest BCUT2D eigenvalue weighted by Crippen LogP contribution is 2.20. The van der Waals surface area contributed by atoms with E-state index in [1.54, 1.807) is 6.07 Å². The van der Waals surface area contributed by atoms with Gasteiger partial charge in [0.2, 0.25) is 5.91 Å². The van der Waals surface area contributed by atoms with Crippen molar-refractivity contribution in [2.45, 2.75) is 12.8 Å². The van der Waals surface area contributed by atoms with E-state index in [9.17, 15) is 14.4 Å². The van der Waals surface area contributed by atoms with Gasteiger partial charge in [-0.15, -0.1) is 0 Å². The van der Waals surface area contributed by atoms with Crippen LogP contribution in [0.15, 0.2) is 34.8 Å². The quantitative estimate of drug-likeness (QED) is 0.805. The van der Waals surface area contributed by atoms with Gasteiger partial charge in [0, 0.05) is 23.0 Å². The van der Waals surface area contributed by atoms with Crippen LogP contribution in [-0.4, -0.2) is 46.0 Å². The molecule has 1 saturated heterocycles. The van der Waals surface area contributed by atoms with E-state index in [0.29, 0.717) is 25.1 Å². The first-order valence-electron chi connectivity index (χ1n) is 7.36.